The molecule has 0 spiro atoms. The maximum Gasteiger partial charge on any atom is 0.240 e. The number of nitrogens with zero attached hydrogens (tertiary/aromatic N) is 2. The molecule has 1 aromatic heterocycles. The first-order valence-electron chi connectivity index (χ1n) is 6.91. The Morgan fingerprint density at radius 2 is 1.75 bits per heavy atom. The van der Waals surface area contributed by atoms with E-state index >= 15 is 0 Å². The summed E-state index contributed by atoms with van der Waals surface area (Å²) in [4.78, 5) is 0. The minimum Gasteiger partial charge on any atom is -0.421 e. The number of hydrogen-bond donors (Lipinski definition) is 0. The van der Waals surface area contributed by atoms with Crippen molar-refractivity contribution in [2.75, 3.05) is 0 Å². The zero-order valence-electron chi connectivity index (χ0n) is 12.1. The Balaban J connectivity index is 1.73. The Labute approximate surface area is 152 Å². The van der Waals surface area contributed by atoms with E-state index in [1.54, 1.807) is 30.4 Å². The molecular weight excluding hydrogens is 374 g/mol. The predicted molar refractivity (Wildman–Crippen MR) is 93.9 cm³/mol. The largest absolute Gasteiger partial charge is 0.421 e. The highest BCUT2D eigenvalue weighted by molar-refractivity contribution is 6.42. The molecule has 0 unspecified atom stereocenters. The minimum atomic E-state index is -0.390. The van der Waals surface area contributed by atoms with E-state index < -0.39 is 0 Å². The Kier molecular flexibility index (Phi) is 5.19. The lowest BCUT2D eigenvalue weighted by Crippen LogP contribution is -1.88. The summed E-state index contributed by atoms with van der Waals surface area (Å²) in [5, 5.41) is 9.18. The summed E-state index contributed by atoms with van der Waals surface area (Å²) in [5.41, 5.74) is 1.56. The van der Waals surface area contributed by atoms with Crippen LogP contribution in [0.5, 0.6) is 0 Å². The van der Waals surface area contributed by atoms with Crippen molar-refractivity contribution in [1.82, 2.24) is 10.2 Å². The van der Waals surface area contributed by atoms with Crippen molar-refractivity contribution in [3.63, 3.8) is 0 Å². The quantitative estimate of drug-likeness (QED) is 0.560. The van der Waals surface area contributed by atoms with E-state index in [1.807, 2.05) is 6.07 Å². The van der Waals surface area contributed by atoms with Crippen molar-refractivity contribution < 1.29 is 8.81 Å². The number of aromatic nitrogens is 2. The maximum atomic E-state index is 13.0. The van der Waals surface area contributed by atoms with E-state index in [1.165, 1.54) is 12.1 Å². The molecule has 0 saturated carbocycles. The van der Waals surface area contributed by atoms with Crippen molar-refractivity contribution in [2.45, 2.75) is 6.42 Å². The van der Waals surface area contributed by atoms with Crippen LogP contribution < -0.4 is 0 Å². The van der Waals surface area contributed by atoms with E-state index in [-0.39, 0.29) is 5.82 Å². The SMILES string of the molecule is Fc1ccc(C=Cc2nnc(Cc3ccc(Cl)c(Cl)c3)o2)c(Cl)c1. The van der Waals surface area contributed by atoms with Crippen LogP contribution >= 0.6 is 34.8 Å². The lowest BCUT2D eigenvalue weighted by atomic mass is 10.1. The van der Waals surface area contributed by atoms with Crippen LogP contribution in [0.4, 0.5) is 4.39 Å². The molecule has 0 saturated heterocycles. The molecule has 0 atom stereocenters. The highest BCUT2D eigenvalue weighted by Gasteiger charge is 2.07. The van der Waals surface area contributed by atoms with Gasteiger partial charge in [-0.25, -0.2) is 4.39 Å². The van der Waals surface area contributed by atoms with Crippen molar-refractivity contribution in [3.8, 4) is 0 Å². The molecule has 1 heterocycles. The average molecular weight is 384 g/mol. The summed E-state index contributed by atoms with van der Waals surface area (Å²) in [6.45, 7) is 0. The summed E-state index contributed by atoms with van der Waals surface area (Å²) >= 11 is 17.8. The molecule has 7 heteroatoms. The van der Waals surface area contributed by atoms with Gasteiger partial charge in [-0.05, 0) is 41.5 Å². The van der Waals surface area contributed by atoms with Gasteiger partial charge >= 0.3 is 0 Å². The van der Waals surface area contributed by atoms with Crippen molar-refractivity contribution in [2.24, 2.45) is 0 Å². The summed E-state index contributed by atoms with van der Waals surface area (Å²) in [6.07, 6.45) is 3.73. The lowest BCUT2D eigenvalue weighted by Gasteiger charge is -1.99. The normalized spacial score (nSPS) is 11.3. The number of benzene rings is 2. The van der Waals surface area contributed by atoms with Crippen LogP contribution in [0, 0.1) is 5.82 Å². The fraction of sp³-hybridized carbons (Fsp3) is 0.0588. The lowest BCUT2D eigenvalue weighted by molar-refractivity contribution is 0.496. The van der Waals surface area contributed by atoms with Crippen LogP contribution in [0.3, 0.4) is 0 Å². The third-order valence-electron chi connectivity index (χ3n) is 3.19. The standard InChI is InChI=1S/C17H10Cl3FN2O/c18-13-5-1-10(7-15(13)20)8-17-23-22-16(24-17)6-3-11-2-4-12(21)9-14(11)19/h1-7,9H,8H2. The van der Waals surface area contributed by atoms with Gasteiger partial charge < -0.3 is 4.42 Å². The second kappa shape index (κ2) is 7.34. The Morgan fingerprint density at radius 1 is 0.917 bits per heavy atom. The summed E-state index contributed by atoms with van der Waals surface area (Å²) in [6, 6.07) is 9.45. The summed E-state index contributed by atoms with van der Waals surface area (Å²) in [5.74, 6) is 0.377. The highest BCUT2D eigenvalue weighted by atomic mass is 35.5. The van der Waals surface area contributed by atoms with Gasteiger partial charge in [0.1, 0.15) is 5.82 Å². The van der Waals surface area contributed by atoms with Crippen LogP contribution in [0.2, 0.25) is 15.1 Å². The second-order valence-corrected chi connectivity index (χ2v) is 6.18. The topological polar surface area (TPSA) is 38.9 Å². The predicted octanol–water partition coefficient (Wildman–Crippen LogP) is 5.93. The number of hydrogen-bond acceptors (Lipinski definition) is 3. The Morgan fingerprint density at radius 3 is 2.50 bits per heavy atom. The van der Waals surface area contributed by atoms with Gasteiger partial charge in [-0.2, -0.15) is 0 Å². The smallest absolute Gasteiger partial charge is 0.240 e. The van der Waals surface area contributed by atoms with Crippen molar-refractivity contribution >= 4 is 47.0 Å². The monoisotopic (exact) mass is 382 g/mol. The number of halogens is 4. The Bertz CT molecular complexity index is 909. The Hall–Kier alpha value is -1.88. The van der Waals surface area contributed by atoms with Crippen LogP contribution in [0.15, 0.2) is 40.8 Å². The van der Waals surface area contributed by atoms with Gasteiger partial charge in [0.2, 0.25) is 11.8 Å². The van der Waals surface area contributed by atoms with Gasteiger partial charge in [-0.15, -0.1) is 10.2 Å². The summed E-state index contributed by atoms with van der Waals surface area (Å²) in [7, 11) is 0. The molecule has 3 rings (SSSR count). The maximum absolute atomic E-state index is 13.0. The molecule has 0 fully saturated rings. The van der Waals surface area contributed by atoms with E-state index in [0.29, 0.717) is 38.8 Å². The molecule has 0 radical (unpaired) electrons. The summed E-state index contributed by atoms with van der Waals surface area (Å²) < 4.78 is 18.5. The van der Waals surface area contributed by atoms with Crippen molar-refractivity contribution in [3.05, 3.63) is 80.2 Å². The molecule has 0 N–H and O–H groups in total. The molecule has 24 heavy (non-hydrogen) atoms. The van der Waals surface area contributed by atoms with Crippen LogP contribution in [0.25, 0.3) is 12.2 Å². The molecule has 3 nitrogen and oxygen atoms in total. The molecule has 0 aliphatic carbocycles. The first-order chi connectivity index (χ1) is 11.5. The molecule has 122 valence electrons. The van der Waals surface area contributed by atoms with Crippen LogP contribution in [0.1, 0.15) is 22.9 Å². The zero-order chi connectivity index (χ0) is 17.1. The van der Waals surface area contributed by atoms with E-state index in [4.69, 9.17) is 39.2 Å². The fourth-order valence-corrected chi connectivity index (χ4v) is 2.58. The van der Waals surface area contributed by atoms with Gasteiger partial charge in [0.05, 0.1) is 21.5 Å². The molecular formula is C17H10Cl3FN2O. The van der Waals surface area contributed by atoms with Crippen LogP contribution in [-0.4, -0.2) is 10.2 Å². The molecule has 0 aliphatic heterocycles. The first-order valence-corrected chi connectivity index (χ1v) is 8.04. The first kappa shape index (κ1) is 17.0. The molecule has 0 aliphatic rings. The third kappa shape index (κ3) is 4.15. The molecule has 0 amide bonds. The minimum absolute atomic E-state index is 0.307. The zero-order valence-corrected chi connectivity index (χ0v) is 14.4. The van der Waals surface area contributed by atoms with Gasteiger partial charge in [0, 0.05) is 6.08 Å². The molecule has 3 aromatic rings. The molecule has 0 bridgehead atoms. The number of rotatable bonds is 4. The van der Waals surface area contributed by atoms with E-state index in [0.717, 1.165) is 5.56 Å². The van der Waals surface area contributed by atoms with Gasteiger partial charge in [0.25, 0.3) is 0 Å². The molecule has 2 aromatic carbocycles. The fourth-order valence-electron chi connectivity index (χ4n) is 2.03. The highest BCUT2D eigenvalue weighted by Crippen LogP contribution is 2.24. The second-order valence-electron chi connectivity index (χ2n) is 4.96. The van der Waals surface area contributed by atoms with Gasteiger partial charge in [-0.1, -0.05) is 46.9 Å². The van der Waals surface area contributed by atoms with E-state index in [2.05, 4.69) is 10.2 Å². The van der Waals surface area contributed by atoms with Crippen molar-refractivity contribution in [1.29, 1.82) is 0 Å². The van der Waals surface area contributed by atoms with Gasteiger partial charge in [-0.3, -0.25) is 0 Å². The van der Waals surface area contributed by atoms with Crippen LogP contribution in [-0.2, 0) is 6.42 Å². The third-order valence-corrected chi connectivity index (χ3v) is 4.26. The van der Waals surface area contributed by atoms with Gasteiger partial charge in [0.15, 0.2) is 0 Å². The van der Waals surface area contributed by atoms with E-state index in [9.17, 15) is 4.39 Å². The average Bonchev–Trinajstić information content (AvgIpc) is 2.98.